The zero-order valence-corrected chi connectivity index (χ0v) is 12.8. The lowest BCUT2D eigenvalue weighted by Gasteiger charge is -2.25. The molecule has 0 radical (unpaired) electrons. The number of hydrogen-bond acceptors (Lipinski definition) is 2. The molecule has 1 heterocycles. The van der Waals surface area contributed by atoms with Crippen molar-refractivity contribution < 1.29 is 9.13 Å². The van der Waals surface area contributed by atoms with E-state index in [2.05, 4.69) is 12.2 Å². The van der Waals surface area contributed by atoms with E-state index >= 15 is 0 Å². The van der Waals surface area contributed by atoms with Crippen LogP contribution in [0, 0.1) is 19.7 Å². The zero-order valence-electron chi connectivity index (χ0n) is 12.8. The van der Waals surface area contributed by atoms with Crippen molar-refractivity contribution in [3.63, 3.8) is 0 Å². The van der Waals surface area contributed by atoms with Crippen LogP contribution in [-0.4, -0.2) is 19.3 Å². The van der Waals surface area contributed by atoms with Gasteiger partial charge in [0.1, 0.15) is 5.82 Å². The minimum atomic E-state index is -0.143. The van der Waals surface area contributed by atoms with Gasteiger partial charge in [0.2, 0.25) is 0 Å². The van der Waals surface area contributed by atoms with Crippen LogP contribution in [0.25, 0.3) is 0 Å². The number of ether oxygens (including phenoxy) is 1. The Hall–Kier alpha value is -0.930. The van der Waals surface area contributed by atoms with E-state index in [4.69, 9.17) is 4.74 Å². The summed E-state index contributed by atoms with van der Waals surface area (Å²) in [5.41, 5.74) is 3.32. The lowest BCUT2D eigenvalue weighted by atomic mass is 9.91. The first-order chi connectivity index (χ1) is 9.61. The number of hydrogen-bond donors (Lipinski definition) is 1. The van der Waals surface area contributed by atoms with Crippen molar-refractivity contribution in [2.45, 2.75) is 58.6 Å². The molecule has 1 aliphatic heterocycles. The van der Waals surface area contributed by atoms with E-state index in [-0.39, 0.29) is 11.9 Å². The van der Waals surface area contributed by atoms with Crippen LogP contribution in [-0.2, 0) is 4.74 Å². The van der Waals surface area contributed by atoms with Crippen molar-refractivity contribution in [1.82, 2.24) is 5.32 Å². The summed E-state index contributed by atoms with van der Waals surface area (Å²) in [6.45, 7) is 8.03. The molecule has 2 nitrogen and oxygen atoms in total. The summed E-state index contributed by atoms with van der Waals surface area (Å²) in [5.74, 6) is -0.143. The van der Waals surface area contributed by atoms with E-state index in [1.807, 2.05) is 13.8 Å². The van der Waals surface area contributed by atoms with Gasteiger partial charge in [-0.05, 0) is 74.9 Å². The number of aryl methyl sites for hydroxylation is 2. The third-order valence-corrected chi connectivity index (χ3v) is 4.07. The highest BCUT2D eigenvalue weighted by Crippen LogP contribution is 2.30. The summed E-state index contributed by atoms with van der Waals surface area (Å²) in [4.78, 5) is 0. The molecule has 0 saturated carbocycles. The van der Waals surface area contributed by atoms with Crippen molar-refractivity contribution in [3.8, 4) is 0 Å². The molecule has 3 heteroatoms. The Balaban J connectivity index is 2.20. The SMILES string of the molecule is CCCNC(CC1CCCO1)c1c(C)cc(F)cc1C. The van der Waals surface area contributed by atoms with Gasteiger partial charge in [-0.25, -0.2) is 4.39 Å². The van der Waals surface area contributed by atoms with E-state index in [1.54, 1.807) is 12.1 Å². The van der Waals surface area contributed by atoms with E-state index in [0.717, 1.165) is 50.0 Å². The molecule has 0 aromatic heterocycles. The fourth-order valence-corrected chi connectivity index (χ4v) is 3.19. The summed E-state index contributed by atoms with van der Waals surface area (Å²) >= 11 is 0. The number of rotatable bonds is 6. The molecule has 0 amide bonds. The number of halogens is 1. The molecule has 2 unspecified atom stereocenters. The lowest BCUT2D eigenvalue weighted by Crippen LogP contribution is -2.27. The second kappa shape index (κ2) is 7.19. The summed E-state index contributed by atoms with van der Waals surface area (Å²) in [6.07, 6.45) is 4.72. The summed E-state index contributed by atoms with van der Waals surface area (Å²) in [6, 6.07) is 3.54. The number of nitrogens with one attached hydrogen (secondary N) is 1. The van der Waals surface area contributed by atoms with E-state index < -0.39 is 0 Å². The maximum absolute atomic E-state index is 13.5. The highest BCUT2D eigenvalue weighted by atomic mass is 19.1. The minimum Gasteiger partial charge on any atom is -0.378 e. The second-order valence-corrected chi connectivity index (χ2v) is 5.83. The second-order valence-electron chi connectivity index (χ2n) is 5.83. The van der Waals surface area contributed by atoms with Crippen LogP contribution in [0.2, 0.25) is 0 Å². The Morgan fingerprint density at radius 1 is 1.35 bits per heavy atom. The fraction of sp³-hybridized carbons (Fsp3) is 0.647. The molecule has 1 N–H and O–H groups in total. The Labute approximate surface area is 121 Å². The Bertz CT molecular complexity index is 418. The molecule has 20 heavy (non-hydrogen) atoms. The highest BCUT2D eigenvalue weighted by Gasteiger charge is 2.24. The van der Waals surface area contributed by atoms with Crippen LogP contribution in [0.15, 0.2) is 12.1 Å². The van der Waals surface area contributed by atoms with Gasteiger partial charge in [-0.15, -0.1) is 0 Å². The molecule has 1 aromatic carbocycles. The van der Waals surface area contributed by atoms with Crippen LogP contribution < -0.4 is 5.32 Å². The van der Waals surface area contributed by atoms with Gasteiger partial charge in [0.25, 0.3) is 0 Å². The van der Waals surface area contributed by atoms with Crippen LogP contribution in [0.4, 0.5) is 4.39 Å². The predicted molar refractivity (Wildman–Crippen MR) is 80.5 cm³/mol. The molecular weight excluding hydrogens is 253 g/mol. The van der Waals surface area contributed by atoms with Crippen molar-refractivity contribution >= 4 is 0 Å². The Morgan fingerprint density at radius 3 is 2.60 bits per heavy atom. The lowest BCUT2D eigenvalue weighted by molar-refractivity contribution is 0.0944. The summed E-state index contributed by atoms with van der Waals surface area (Å²) < 4.78 is 19.3. The minimum absolute atomic E-state index is 0.143. The molecule has 1 aromatic rings. The maximum Gasteiger partial charge on any atom is 0.123 e. The molecule has 1 saturated heterocycles. The van der Waals surface area contributed by atoms with Crippen LogP contribution in [0.3, 0.4) is 0 Å². The van der Waals surface area contributed by atoms with E-state index in [9.17, 15) is 4.39 Å². The molecule has 112 valence electrons. The van der Waals surface area contributed by atoms with Crippen molar-refractivity contribution in [3.05, 3.63) is 34.6 Å². The molecule has 1 aliphatic rings. The Morgan fingerprint density at radius 2 is 2.05 bits per heavy atom. The largest absolute Gasteiger partial charge is 0.378 e. The third kappa shape index (κ3) is 3.80. The van der Waals surface area contributed by atoms with Crippen molar-refractivity contribution in [2.24, 2.45) is 0 Å². The van der Waals surface area contributed by atoms with Gasteiger partial charge in [0.15, 0.2) is 0 Å². The average Bonchev–Trinajstić information content (AvgIpc) is 2.87. The fourth-order valence-electron chi connectivity index (χ4n) is 3.19. The monoisotopic (exact) mass is 279 g/mol. The van der Waals surface area contributed by atoms with Gasteiger partial charge < -0.3 is 10.1 Å². The zero-order chi connectivity index (χ0) is 14.5. The van der Waals surface area contributed by atoms with Crippen LogP contribution >= 0.6 is 0 Å². The van der Waals surface area contributed by atoms with Crippen LogP contribution in [0.5, 0.6) is 0 Å². The van der Waals surface area contributed by atoms with Gasteiger partial charge in [-0.1, -0.05) is 6.92 Å². The van der Waals surface area contributed by atoms with Gasteiger partial charge in [-0.3, -0.25) is 0 Å². The normalized spacial score (nSPS) is 20.3. The topological polar surface area (TPSA) is 21.3 Å². The van der Waals surface area contributed by atoms with Crippen LogP contribution in [0.1, 0.15) is 55.3 Å². The first kappa shape index (κ1) is 15.5. The smallest absolute Gasteiger partial charge is 0.123 e. The van der Waals surface area contributed by atoms with E-state index in [0.29, 0.717) is 6.10 Å². The van der Waals surface area contributed by atoms with Gasteiger partial charge >= 0.3 is 0 Å². The predicted octanol–water partition coefficient (Wildman–Crippen LogP) is 4.05. The van der Waals surface area contributed by atoms with E-state index in [1.165, 1.54) is 5.56 Å². The van der Waals surface area contributed by atoms with Gasteiger partial charge in [0, 0.05) is 12.6 Å². The average molecular weight is 279 g/mol. The summed E-state index contributed by atoms with van der Waals surface area (Å²) in [5, 5.41) is 3.61. The maximum atomic E-state index is 13.5. The third-order valence-electron chi connectivity index (χ3n) is 4.07. The first-order valence-corrected chi connectivity index (χ1v) is 7.73. The number of benzene rings is 1. The molecule has 1 fully saturated rings. The first-order valence-electron chi connectivity index (χ1n) is 7.73. The molecule has 0 bridgehead atoms. The van der Waals surface area contributed by atoms with Crippen molar-refractivity contribution in [2.75, 3.05) is 13.2 Å². The van der Waals surface area contributed by atoms with Gasteiger partial charge in [0.05, 0.1) is 6.10 Å². The summed E-state index contributed by atoms with van der Waals surface area (Å²) in [7, 11) is 0. The highest BCUT2D eigenvalue weighted by molar-refractivity contribution is 5.37. The molecular formula is C17H26FNO. The quantitative estimate of drug-likeness (QED) is 0.848. The molecule has 0 spiro atoms. The molecule has 2 atom stereocenters. The Kier molecular flexibility index (Phi) is 5.55. The van der Waals surface area contributed by atoms with Crippen molar-refractivity contribution in [1.29, 1.82) is 0 Å². The molecule has 2 rings (SSSR count). The van der Waals surface area contributed by atoms with Gasteiger partial charge in [-0.2, -0.15) is 0 Å². The molecule has 0 aliphatic carbocycles. The standard InChI is InChI=1S/C17H26FNO/c1-4-7-19-16(11-15-6-5-8-20-15)17-12(2)9-14(18)10-13(17)3/h9-10,15-16,19H,4-8,11H2,1-3H3.